The Bertz CT molecular complexity index is 1000. The summed E-state index contributed by atoms with van der Waals surface area (Å²) in [7, 11) is 0. The second kappa shape index (κ2) is 10.9. The van der Waals surface area contributed by atoms with Crippen LogP contribution in [0, 0.1) is 0 Å². The fourth-order valence-corrected chi connectivity index (χ4v) is 3.76. The van der Waals surface area contributed by atoms with Crippen molar-refractivity contribution in [1.82, 2.24) is 0 Å². The molecule has 0 saturated heterocycles. The maximum Gasteiger partial charge on any atom is 0.417 e. The van der Waals surface area contributed by atoms with Gasteiger partial charge < -0.3 is 5.73 Å². The van der Waals surface area contributed by atoms with Crippen LogP contribution in [0.5, 0.6) is 0 Å². The van der Waals surface area contributed by atoms with E-state index in [1.165, 1.54) is 12.1 Å². The van der Waals surface area contributed by atoms with Gasteiger partial charge in [-0.1, -0.05) is 46.1 Å². The number of aryl methyl sites for hydroxylation is 1. The Morgan fingerprint density at radius 3 is 2.22 bits per heavy atom. The fraction of sp³-hybridized carbons (Fsp3) is 0.318. The summed E-state index contributed by atoms with van der Waals surface area (Å²) < 4.78 is 79.8. The number of halogens is 8. The van der Waals surface area contributed by atoms with Gasteiger partial charge in [-0.15, -0.1) is 0 Å². The highest BCUT2D eigenvalue weighted by Gasteiger charge is 2.38. The second-order valence-corrected chi connectivity index (χ2v) is 8.37. The van der Waals surface area contributed by atoms with Crippen LogP contribution in [0.25, 0.3) is 5.57 Å². The van der Waals surface area contributed by atoms with Crippen LogP contribution in [0.3, 0.4) is 0 Å². The average molecular weight is 543 g/mol. The first-order valence-corrected chi connectivity index (χ1v) is 10.7. The average Bonchev–Trinajstić information content (AvgIpc) is 2.68. The first kappa shape index (κ1) is 26.4. The molecule has 0 spiro atoms. The predicted molar refractivity (Wildman–Crippen MR) is 116 cm³/mol. The zero-order valence-electron chi connectivity index (χ0n) is 16.6. The second-order valence-electron chi connectivity index (χ2n) is 7.05. The van der Waals surface area contributed by atoms with E-state index >= 15 is 0 Å². The molecule has 0 bridgehead atoms. The molecule has 2 aromatic rings. The monoisotopic (exact) mass is 541 g/mol. The molecular weight excluding hydrogens is 524 g/mol. The molecule has 2 N–H and O–H groups in total. The van der Waals surface area contributed by atoms with Crippen LogP contribution < -0.4 is 5.73 Å². The van der Waals surface area contributed by atoms with Crippen molar-refractivity contribution in [2.45, 2.75) is 38.0 Å². The Hall–Kier alpha value is -1.84. The highest BCUT2D eigenvalue weighted by molar-refractivity contribution is 9.10. The fourth-order valence-electron chi connectivity index (χ4n) is 2.99. The molecule has 0 aliphatic heterocycles. The van der Waals surface area contributed by atoms with E-state index in [0.717, 1.165) is 30.9 Å². The van der Waals surface area contributed by atoms with Gasteiger partial charge in [0.1, 0.15) is 0 Å². The maximum atomic E-state index is 13.6. The Morgan fingerprint density at radius 1 is 0.969 bits per heavy atom. The van der Waals surface area contributed by atoms with Gasteiger partial charge in [0, 0.05) is 15.1 Å². The van der Waals surface area contributed by atoms with Gasteiger partial charge in [0.25, 0.3) is 0 Å². The van der Waals surface area contributed by atoms with Crippen LogP contribution in [0.15, 0.2) is 46.9 Å². The number of unbranched alkanes of at least 4 members (excludes halogenated alkanes) is 2. The summed E-state index contributed by atoms with van der Waals surface area (Å²) in [6.07, 6.45) is -6.46. The highest BCUT2D eigenvalue weighted by atomic mass is 79.9. The van der Waals surface area contributed by atoms with Crippen LogP contribution in [-0.4, -0.2) is 18.5 Å². The number of nitrogens with two attached hydrogens (primary N) is 1. The summed E-state index contributed by atoms with van der Waals surface area (Å²) in [6.45, 7) is 0.567. The number of rotatable bonds is 8. The number of hydrogen-bond acceptors (Lipinski definition) is 2. The molecule has 174 valence electrons. The van der Waals surface area contributed by atoms with E-state index in [-0.39, 0.29) is 21.1 Å². The molecule has 10 heteroatoms. The normalized spacial score (nSPS) is 12.8. The number of ketones is 1. The molecule has 0 amide bonds. The molecule has 0 unspecified atom stereocenters. The van der Waals surface area contributed by atoms with Gasteiger partial charge >= 0.3 is 12.4 Å². The summed E-state index contributed by atoms with van der Waals surface area (Å²) in [5.41, 5.74) is 2.52. The van der Waals surface area contributed by atoms with Crippen molar-refractivity contribution < 1.29 is 31.1 Å². The minimum Gasteiger partial charge on any atom is -0.330 e. The molecule has 0 aromatic heterocycles. The predicted octanol–water partition coefficient (Wildman–Crippen LogP) is 7.62. The van der Waals surface area contributed by atoms with Crippen LogP contribution >= 0.6 is 27.5 Å². The lowest BCUT2D eigenvalue weighted by Gasteiger charge is -2.15. The molecule has 0 saturated carbocycles. The van der Waals surface area contributed by atoms with Crippen molar-refractivity contribution in [2.75, 3.05) is 6.54 Å². The van der Waals surface area contributed by atoms with Crippen molar-refractivity contribution in [3.05, 3.63) is 74.2 Å². The molecular formula is C22H19BrClF6NO. The molecule has 0 heterocycles. The van der Waals surface area contributed by atoms with E-state index in [0.29, 0.717) is 25.1 Å². The van der Waals surface area contributed by atoms with Crippen LogP contribution in [0.1, 0.15) is 46.3 Å². The van der Waals surface area contributed by atoms with Gasteiger partial charge in [-0.2, -0.15) is 26.3 Å². The molecule has 0 aliphatic rings. The lowest BCUT2D eigenvalue weighted by Crippen LogP contribution is -2.14. The van der Waals surface area contributed by atoms with E-state index in [1.807, 2.05) is 0 Å². The molecule has 2 nitrogen and oxygen atoms in total. The smallest absolute Gasteiger partial charge is 0.330 e. The number of hydrogen-bond donors (Lipinski definition) is 1. The van der Waals surface area contributed by atoms with E-state index in [4.69, 9.17) is 17.3 Å². The molecule has 0 radical (unpaired) electrons. The van der Waals surface area contributed by atoms with E-state index in [1.54, 1.807) is 6.07 Å². The molecule has 0 fully saturated rings. The zero-order valence-corrected chi connectivity index (χ0v) is 18.9. The minimum atomic E-state index is -5.06. The first-order chi connectivity index (χ1) is 14.8. The topological polar surface area (TPSA) is 43.1 Å². The van der Waals surface area contributed by atoms with Crippen molar-refractivity contribution in [3.8, 4) is 0 Å². The lowest BCUT2D eigenvalue weighted by atomic mass is 9.98. The largest absolute Gasteiger partial charge is 0.417 e. The van der Waals surface area contributed by atoms with Crippen LogP contribution in [0.2, 0.25) is 5.02 Å². The van der Waals surface area contributed by atoms with E-state index in [9.17, 15) is 31.1 Å². The van der Waals surface area contributed by atoms with E-state index in [2.05, 4.69) is 15.9 Å². The number of alkyl halides is 6. The van der Waals surface area contributed by atoms with Gasteiger partial charge in [0.2, 0.25) is 0 Å². The first-order valence-electron chi connectivity index (χ1n) is 9.53. The third-order valence-electron chi connectivity index (χ3n) is 4.60. The van der Waals surface area contributed by atoms with Gasteiger partial charge in [-0.05, 0) is 67.3 Å². The zero-order chi connectivity index (χ0) is 24.1. The molecule has 0 atom stereocenters. The molecule has 2 aromatic carbocycles. The Balaban J connectivity index is 2.39. The van der Waals surface area contributed by atoms with E-state index < -0.39 is 34.8 Å². The van der Waals surface area contributed by atoms with Crippen molar-refractivity contribution in [1.29, 1.82) is 0 Å². The van der Waals surface area contributed by atoms with Gasteiger partial charge in [0.05, 0.1) is 11.1 Å². The van der Waals surface area contributed by atoms with Crippen molar-refractivity contribution in [2.24, 2.45) is 5.73 Å². The van der Waals surface area contributed by atoms with Crippen molar-refractivity contribution >= 4 is 38.9 Å². The summed E-state index contributed by atoms with van der Waals surface area (Å²) in [6, 6.07) is 6.05. The van der Waals surface area contributed by atoms with Crippen LogP contribution in [-0.2, 0) is 12.6 Å². The Kier molecular flexibility index (Phi) is 8.96. The maximum absolute atomic E-state index is 13.6. The summed E-state index contributed by atoms with van der Waals surface area (Å²) in [4.78, 5) is 12.5. The Morgan fingerprint density at radius 2 is 1.66 bits per heavy atom. The lowest BCUT2D eigenvalue weighted by molar-refractivity contribution is -0.137. The number of carbonyl (C=O) groups excluding carboxylic acids is 1. The summed E-state index contributed by atoms with van der Waals surface area (Å²) in [5, 5.41) is 0.229. The summed E-state index contributed by atoms with van der Waals surface area (Å²) >= 11 is 8.97. The highest BCUT2D eigenvalue weighted by Crippen LogP contribution is 2.39. The third kappa shape index (κ3) is 7.35. The third-order valence-corrected chi connectivity index (χ3v) is 5.41. The SMILES string of the molecule is NCCCCCc1ccc(C(=O)C=C(c2cc(Br)cc(C(F)(F)F)c2)C(F)(F)F)cc1Cl. The van der Waals surface area contributed by atoms with Crippen LogP contribution in [0.4, 0.5) is 26.3 Å². The molecule has 0 aliphatic carbocycles. The van der Waals surface area contributed by atoms with Gasteiger partial charge in [0.15, 0.2) is 5.78 Å². The minimum absolute atomic E-state index is 0.103. The van der Waals surface area contributed by atoms with Gasteiger partial charge in [-0.25, -0.2) is 0 Å². The quantitative estimate of drug-likeness (QED) is 0.161. The molecule has 2 rings (SSSR count). The van der Waals surface area contributed by atoms with Crippen molar-refractivity contribution in [3.63, 3.8) is 0 Å². The number of carbonyl (C=O) groups is 1. The van der Waals surface area contributed by atoms with Gasteiger partial charge in [-0.3, -0.25) is 4.79 Å². The number of allylic oxidation sites excluding steroid dienone is 2. The molecule has 32 heavy (non-hydrogen) atoms. The standard InChI is InChI=1S/C22H19BrClF6NO/c23-17-9-15(8-16(11-17)21(25,26)27)18(22(28,29)30)12-20(32)14-6-5-13(19(24)10-14)4-2-1-3-7-31/h5-6,8-12H,1-4,7,31H2. The Labute approximate surface area is 194 Å². The summed E-state index contributed by atoms with van der Waals surface area (Å²) in [5.74, 6) is -1.03. The number of benzene rings is 2.